The minimum atomic E-state index is -0.703. The van der Waals surface area contributed by atoms with Crippen LogP contribution in [-0.4, -0.2) is 22.4 Å². The zero-order chi connectivity index (χ0) is 10.6. The molecule has 1 heterocycles. The number of aliphatic hydroxyl groups is 1. The van der Waals surface area contributed by atoms with E-state index in [1.165, 1.54) is 12.8 Å². The molecule has 0 radical (unpaired) electrons. The Morgan fingerprint density at radius 3 is 2.36 bits per heavy atom. The van der Waals surface area contributed by atoms with Crippen LogP contribution in [-0.2, 0) is 4.74 Å². The lowest BCUT2D eigenvalue weighted by Crippen LogP contribution is -2.54. The summed E-state index contributed by atoms with van der Waals surface area (Å²) in [6, 6.07) is 0. The fraction of sp³-hybridized carbons (Fsp3) is 1.00. The third-order valence-electron chi connectivity index (χ3n) is 4.36. The average Bonchev–Trinajstić information content (AvgIpc) is 2.76. The van der Waals surface area contributed by atoms with Crippen LogP contribution in [0.3, 0.4) is 0 Å². The van der Waals surface area contributed by atoms with Crippen molar-refractivity contribution in [1.82, 2.24) is 0 Å². The SMILES string of the molecule is CC(C)(C)[C@](C)(O)[C@@]12CCCC[C@@H]1O2. The van der Waals surface area contributed by atoms with Crippen LogP contribution in [0.15, 0.2) is 0 Å². The number of epoxide rings is 1. The number of rotatable bonds is 1. The molecule has 0 aromatic heterocycles. The van der Waals surface area contributed by atoms with Crippen molar-refractivity contribution >= 4 is 0 Å². The van der Waals surface area contributed by atoms with Gasteiger partial charge in [0.05, 0.1) is 11.7 Å². The van der Waals surface area contributed by atoms with Crippen LogP contribution in [0.1, 0.15) is 53.4 Å². The highest BCUT2D eigenvalue weighted by Gasteiger charge is 2.69. The van der Waals surface area contributed by atoms with Crippen molar-refractivity contribution < 1.29 is 9.84 Å². The first-order valence-electron chi connectivity index (χ1n) is 5.71. The molecule has 1 aliphatic heterocycles. The molecule has 2 heteroatoms. The maximum absolute atomic E-state index is 10.7. The summed E-state index contributed by atoms with van der Waals surface area (Å²) >= 11 is 0. The lowest BCUT2D eigenvalue weighted by atomic mass is 9.65. The Balaban J connectivity index is 2.23. The van der Waals surface area contributed by atoms with Crippen molar-refractivity contribution in [3.8, 4) is 0 Å². The molecule has 2 nitrogen and oxygen atoms in total. The summed E-state index contributed by atoms with van der Waals surface area (Å²) in [4.78, 5) is 0. The first-order chi connectivity index (χ1) is 6.31. The monoisotopic (exact) mass is 198 g/mol. The second-order valence-corrected chi connectivity index (χ2v) is 6.06. The lowest BCUT2D eigenvalue weighted by molar-refractivity contribution is -0.106. The van der Waals surface area contributed by atoms with E-state index in [1.807, 2.05) is 6.92 Å². The van der Waals surface area contributed by atoms with E-state index in [1.54, 1.807) is 0 Å². The quantitative estimate of drug-likeness (QED) is 0.657. The van der Waals surface area contributed by atoms with Gasteiger partial charge in [-0.15, -0.1) is 0 Å². The summed E-state index contributed by atoms with van der Waals surface area (Å²) < 4.78 is 5.81. The molecular formula is C12H22O2. The van der Waals surface area contributed by atoms with Gasteiger partial charge in [0, 0.05) is 0 Å². The van der Waals surface area contributed by atoms with E-state index in [2.05, 4.69) is 20.8 Å². The van der Waals surface area contributed by atoms with Crippen LogP contribution in [0, 0.1) is 5.41 Å². The molecule has 0 bridgehead atoms. The van der Waals surface area contributed by atoms with E-state index in [-0.39, 0.29) is 11.0 Å². The zero-order valence-electron chi connectivity index (χ0n) is 9.76. The maximum Gasteiger partial charge on any atom is 0.123 e. The Morgan fingerprint density at radius 2 is 1.86 bits per heavy atom. The molecule has 1 N–H and O–H groups in total. The third kappa shape index (κ3) is 1.17. The molecule has 0 spiro atoms. The van der Waals surface area contributed by atoms with Crippen molar-refractivity contribution in [1.29, 1.82) is 0 Å². The van der Waals surface area contributed by atoms with Crippen LogP contribution in [0.4, 0.5) is 0 Å². The maximum atomic E-state index is 10.7. The fourth-order valence-electron chi connectivity index (χ4n) is 2.76. The summed E-state index contributed by atoms with van der Waals surface area (Å²) in [5, 5.41) is 10.7. The first-order valence-corrected chi connectivity index (χ1v) is 5.71. The van der Waals surface area contributed by atoms with Crippen LogP contribution >= 0.6 is 0 Å². The van der Waals surface area contributed by atoms with E-state index < -0.39 is 5.60 Å². The summed E-state index contributed by atoms with van der Waals surface area (Å²) in [7, 11) is 0. The second kappa shape index (κ2) is 2.73. The summed E-state index contributed by atoms with van der Waals surface area (Å²) in [6.45, 7) is 8.22. The van der Waals surface area contributed by atoms with Gasteiger partial charge in [0.1, 0.15) is 5.60 Å². The van der Waals surface area contributed by atoms with Gasteiger partial charge in [-0.25, -0.2) is 0 Å². The van der Waals surface area contributed by atoms with Gasteiger partial charge in [0.2, 0.25) is 0 Å². The van der Waals surface area contributed by atoms with Gasteiger partial charge in [-0.1, -0.05) is 33.6 Å². The molecular weight excluding hydrogens is 176 g/mol. The van der Waals surface area contributed by atoms with Crippen LogP contribution < -0.4 is 0 Å². The van der Waals surface area contributed by atoms with Gasteiger partial charge in [-0.2, -0.15) is 0 Å². The first kappa shape index (κ1) is 10.4. The Morgan fingerprint density at radius 1 is 1.21 bits per heavy atom. The number of fused-ring (bicyclic) bond motifs is 1. The Labute approximate surface area is 86.6 Å². The molecule has 14 heavy (non-hydrogen) atoms. The minimum absolute atomic E-state index is 0.112. The molecule has 1 saturated heterocycles. The van der Waals surface area contributed by atoms with Gasteiger partial charge in [0.25, 0.3) is 0 Å². The summed E-state index contributed by atoms with van der Waals surface area (Å²) in [6.07, 6.45) is 4.94. The average molecular weight is 198 g/mol. The predicted molar refractivity (Wildman–Crippen MR) is 56.2 cm³/mol. The molecule has 0 amide bonds. The summed E-state index contributed by atoms with van der Waals surface area (Å²) in [5.41, 5.74) is -1.03. The van der Waals surface area contributed by atoms with E-state index in [4.69, 9.17) is 4.74 Å². The minimum Gasteiger partial charge on any atom is -0.387 e. The highest BCUT2D eigenvalue weighted by atomic mass is 16.6. The van der Waals surface area contributed by atoms with Crippen LogP contribution in [0.5, 0.6) is 0 Å². The van der Waals surface area contributed by atoms with Crippen molar-refractivity contribution in [2.75, 3.05) is 0 Å². The lowest BCUT2D eigenvalue weighted by Gasteiger charge is -2.43. The van der Waals surface area contributed by atoms with Crippen molar-refractivity contribution in [2.45, 2.75) is 70.7 Å². The normalized spacial score (nSPS) is 41.4. The van der Waals surface area contributed by atoms with Gasteiger partial charge < -0.3 is 9.84 Å². The van der Waals surface area contributed by atoms with Crippen LogP contribution in [0.2, 0.25) is 0 Å². The van der Waals surface area contributed by atoms with E-state index in [0.29, 0.717) is 6.10 Å². The van der Waals surface area contributed by atoms with Crippen molar-refractivity contribution in [3.63, 3.8) is 0 Å². The Hall–Kier alpha value is -0.0800. The highest BCUT2D eigenvalue weighted by Crippen LogP contribution is 2.58. The molecule has 0 unspecified atom stereocenters. The molecule has 2 aliphatic rings. The molecule has 2 rings (SSSR count). The van der Waals surface area contributed by atoms with Gasteiger partial charge in [0.15, 0.2) is 0 Å². The number of ether oxygens (including phenoxy) is 1. The van der Waals surface area contributed by atoms with Gasteiger partial charge >= 0.3 is 0 Å². The molecule has 1 saturated carbocycles. The fourth-order valence-corrected chi connectivity index (χ4v) is 2.76. The highest BCUT2D eigenvalue weighted by molar-refractivity contribution is 5.18. The van der Waals surface area contributed by atoms with Crippen molar-refractivity contribution in [2.24, 2.45) is 5.41 Å². The summed E-state index contributed by atoms with van der Waals surface area (Å²) in [5.74, 6) is 0. The molecule has 0 aromatic rings. The third-order valence-corrected chi connectivity index (χ3v) is 4.36. The largest absolute Gasteiger partial charge is 0.387 e. The predicted octanol–water partition coefficient (Wildman–Crippen LogP) is 2.50. The van der Waals surface area contributed by atoms with Crippen molar-refractivity contribution in [3.05, 3.63) is 0 Å². The smallest absolute Gasteiger partial charge is 0.123 e. The molecule has 0 aromatic carbocycles. The number of hydrogen-bond acceptors (Lipinski definition) is 2. The standard InChI is InChI=1S/C12H22O2/c1-10(2,3)11(4,13)12-8-6-5-7-9(12)14-12/h9,13H,5-8H2,1-4H3/t9-,11-,12+/m0/s1. The molecule has 82 valence electrons. The Kier molecular flexibility index (Phi) is 2.04. The van der Waals surface area contributed by atoms with E-state index >= 15 is 0 Å². The molecule has 1 aliphatic carbocycles. The molecule has 2 fully saturated rings. The molecule has 3 atom stereocenters. The topological polar surface area (TPSA) is 32.8 Å². The number of hydrogen-bond donors (Lipinski definition) is 1. The van der Waals surface area contributed by atoms with Gasteiger partial charge in [-0.3, -0.25) is 0 Å². The van der Waals surface area contributed by atoms with E-state index in [9.17, 15) is 5.11 Å². The van der Waals surface area contributed by atoms with Gasteiger partial charge in [-0.05, 0) is 25.2 Å². The zero-order valence-corrected chi connectivity index (χ0v) is 9.76. The van der Waals surface area contributed by atoms with E-state index in [0.717, 1.165) is 12.8 Å². The second-order valence-electron chi connectivity index (χ2n) is 6.06. The Bertz CT molecular complexity index is 239. The van der Waals surface area contributed by atoms with Crippen LogP contribution in [0.25, 0.3) is 0 Å².